The number of halogens is 5. The van der Waals surface area contributed by atoms with E-state index in [4.69, 9.17) is 5.41 Å². The summed E-state index contributed by atoms with van der Waals surface area (Å²) in [5, 5.41) is 10.2. The maximum Gasteiger partial charge on any atom is 0.416 e. The summed E-state index contributed by atoms with van der Waals surface area (Å²) in [4.78, 5) is 18.7. The smallest absolute Gasteiger partial charge is 0.334 e. The Hall–Kier alpha value is -4.48. The normalized spacial score (nSPS) is 14.3. The molecule has 50 heavy (non-hydrogen) atoms. The molecule has 5 aromatic rings. The van der Waals surface area contributed by atoms with Gasteiger partial charge < -0.3 is 19.8 Å². The lowest BCUT2D eigenvalue weighted by Crippen LogP contribution is -2.48. The van der Waals surface area contributed by atoms with Crippen molar-refractivity contribution in [3.8, 4) is 11.1 Å². The van der Waals surface area contributed by atoms with Gasteiger partial charge in [-0.2, -0.15) is 13.2 Å². The van der Waals surface area contributed by atoms with Gasteiger partial charge in [0.15, 0.2) is 11.6 Å². The lowest BCUT2D eigenvalue weighted by Gasteiger charge is -2.38. The van der Waals surface area contributed by atoms with Gasteiger partial charge in [0.05, 0.1) is 21.5 Å². The minimum Gasteiger partial charge on any atom is -0.334 e. The van der Waals surface area contributed by atoms with Crippen LogP contribution in [0.3, 0.4) is 0 Å². The third-order valence-electron chi connectivity index (χ3n) is 9.34. The Morgan fingerprint density at radius 2 is 1.56 bits per heavy atom. The molecule has 0 spiro atoms. The van der Waals surface area contributed by atoms with Crippen molar-refractivity contribution in [3.05, 3.63) is 131 Å². The van der Waals surface area contributed by atoms with E-state index in [9.17, 15) is 26.7 Å². The monoisotopic (exact) mass is 704 g/mol. The number of fused-ring (bicyclic) bond motifs is 1. The molecule has 1 aliphatic rings. The predicted octanol–water partition coefficient (Wildman–Crippen LogP) is 8.89. The third kappa shape index (κ3) is 7.94. The molecule has 0 radical (unpaired) electrons. The van der Waals surface area contributed by atoms with Gasteiger partial charge in [-0.15, -0.1) is 11.8 Å². The number of alkyl halides is 3. The number of para-hydroxylation sites is 1. The minimum atomic E-state index is -4.40. The molecule has 2 heterocycles. The first-order chi connectivity index (χ1) is 24.0. The number of carbonyl (C=O) groups is 1. The number of thioether (sulfide) groups is 1. The second kappa shape index (κ2) is 15.2. The van der Waals surface area contributed by atoms with Gasteiger partial charge in [-0.3, -0.25) is 4.79 Å². The largest absolute Gasteiger partial charge is 0.416 e. The number of benzene rings is 4. The van der Waals surface area contributed by atoms with Crippen LogP contribution in [0, 0.1) is 17.0 Å². The van der Waals surface area contributed by atoms with E-state index in [0.29, 0.717) is 28.0 Å². The number of amides is 1. The zero-order valence-corrected chi connectivity index (χ0v) is 28.3. The van der Waals surface area contributed by atoms with Gasteiger partial charge in [-0.05, 0) is 66.4 Å². The molecule has 1 fully saturated rings. The first-order valence-corrected chi connectivity index (χ1v) is 17.5. The van der Waals surface area contributed by atoms with Crippen molar-refractivity contribution in [1.29, 1.82) is 5.41 Å². The number of rotatable bonds is 10. The number of pyridine rings is 1. The topological polar surface area (TPSA) is 52.3 Å². The fraction of sp³-hybridized carbons (Fsp3) is 0.282. The van der Waals surface area contributed by atoms with Crippen molar-refractivity contribution >= 4 is 28.6 Å². The fourth-order valence-corrected chi connectivity index (χ4v) is 7.52. The lowest BCUT2D eigenvalue weighted by molar-refractivity contribution is -0.137. The van der Waals surface area contributed by atoms with Crippen LogP contribution in [0.2, 0.25) is 0 Å². The zero-order valence-electron chi connectivity index (χ0n) is 27.5. The highest BCUT2D eigenvalue weighted by atomic mass is 32.2. The van der Waals surface area contributed by atoms with E-state index >= 15 is 0 Å². The van der Waals surface area contributed by atoms with Crippen molar-refractivity contribution in [1.82, 2.24) is 14.4 Å². The highest BCUT2D eigenvalue weighted by Crippen LogP contribution is 2.32. The number of hydrogen-bond acceptors (Lipinski definition) is 4. The maximum absolute atomic E-state index is 14.6. The van der Waals surface area contributed by atoms with E-state index in [1.807, 2.05) is 58.0 Å². The molecule has 1 aliphatic heterocycles. The van der Waals surface area contributed by atoms with E-state index in [-0.39, 0.29) is 35.2 Å². The summed E-state index contributed by atoms with van der Waals surface area (Å²) in [6.45, 7) is 5.10. The van der Waals surface area contributed by atoms with E-state index in [1.54, 1.807) is 6.07 Å². The van der Waals surface area contributed by atoms with Crippen LogP contribution in [0.5, 0.6) is 0 Å². The Kier molecular flexibility index (Phi) is 10.7. The Balaban J connectivity index is 1.29. The van der Waals surface area contributed by atoms with Crippen molar-refractivity contribution in [2.24, 2.45) is 0 Å². The summed E-state index contributed by atoms with van der Waals surface area (Å²) in [7, 11) is 0. The molecule has 1 amide bonds. The first kappa shape index (κ1) is 35.3. The van der Waals surface area contributed by atoms with E-state index in [1.165, 1.54) is 36.0 Å². The van der Waals surface area contributed by atoms with Gasteiger partial charge in [0.25, 0.3) is 0 Å². The highest BCUT2D eigenvalue weighted by molar-refractivity contribution is 7.98. The molecule has 0 aliphatic carbocycles. The molecule has 11 heteroatoms. The van der Waals surface area contributed by atoms with Gasteiger partial charge in [-0.25, -0.2) is 8.78 Å². The quantitative estimate of drug-likeness (QED) is 0.117. The number of nitrogens with zero attached hydrogens (tertiary/aromatic N) is 3. The Labute approximate surface area is 291 Å². The van der Waals surface area contributed by atoms with Crippen molar-refractivity contribution in [3.63, 3.8) is 0 Å². The summed E-state index contributed by atoms with van der Waals surface area (Å²) in [6, 6.07) is 25.7. The molecule has 260 valence electrons. The molecule has 0 saturated carbocycles. The molecular weight excluding hydrogens is 668 g/mol. The van der Waals surface area contributed by atoms with Crippen LogP contribution >= 0.6 is 11.8 Å². The van der Waals surface area contributed by atoms with Gasteiger partial charge >= 0.3 is 6.18 Å². The van der Waals surface area contributed by atoms with Crippen LogP contribution in [0.15, 0.2) is 102 Å². The number of aromatic nitrogens is 1. The molecule has 1 saturated heterocycles. The molecule has 0 unspecified atom stereocenters. The fourth-order valence-electron chi connectivity index (χ4n) is 6.47. The second-order valence-corrected chi connectivity index (χ2v) is 13.5. The first-order valence-electron chi connectivity index (χ1n) is 16.5. The van der Waals surface area contributed by atoms with Gasteiger partial charge in [-0.1, -0.05) is 73.7 Å². The predicted molar refractivity (Wildman–Crippen MR) is 186 cm³/mol. The number of piperidine rings is 1. The number of likely N-dealkylation sites (tertiary alicyclic amines) is 1. The summed E-state index contributed by atoms with van der Waals surface area (Å²) in [5.41, 5.74) is 2.50. The summed E-state index contributed by atoms with van der Waals surface area (Å²) < 4.78 is 69.6. The van der Waals surface area contributed by atoms with E-state index < -0.39 is 23.4 Å². The summed E-state index contributed by atoms with van der Waals surface area (Å²) >= 11 is 1.25. The van der Waals surface area contributed by atoms with Crippen LogP contribution in [0.4, 0.5) is 22.0 Å². The third-order valence-corrected chi connectivity index (χ3v) is 10.4. The number of hydrogen-bond donors (Lipinski definition) is 1. The van der Waals surface area contributed by atoms with Gasteiger partial charge in [0.1, 0.15) is 6.54 Å². The standard InChI is InChI=1S/C39H37F5N4OS/c1-2-46-20-18-31(19-21-46)47(23-26-10-12-27(13-11-26)28-14-16-30(17-15-28)39(42,43)44)36(49)24-48-35-9-4-3-7-32(35)34(45)22-37(48)50-25-29-6-5-8-33(40)38(29)41/h3-17,22,31,45H,2,18-21,23-25H2,1H3. The summed E-state index contributed by atoms with van der Waals surface area (Å²) in [5.74, 6) is -1.84. The van der Waals surface area contributed by atoms with Gasteiger partial charge in [0.2, 0.25) is 5.91 Å². The highest BCUT2D eigenvalue weighted by Gasteiger charge is 2.30. The average molecular weight is 705 g/mol. The number of nitrogens with one attached hydrogen (secondary N) is 1. The van der Waals surface area contributed by atoms with Gasteiger partial charge in [0, 0.05) is 42.4 Å². The molecule has 1 N–H and O–H groups in total. The Bertz CT molecular complexity index is 2020. The average Bonchev–Trinajstić information content (AvgIpc) is 3.12. The lowest BCUT2D eigenvalue weighted by atomic mass is 10.00. The van der Waals surface area contributed by atoms with Crippen LogP contribution in [0.25, 0.3) is 22.0 Å². The number of carbonyl (C=O) groups excluding carboxylic acids is 1. The molecule has 0 bridgehead atoms. The van der Waals surface area contributed by atoms with Crippen LogP contribution in [-0.2, 0) is 29.8 Å². The summed E-state index contributed by atoms with van der Waals surface area (Å²) in [6.07, 6.45) is -2.79. The molecule has 6 rings (SSSR count). The zero-order chi connectivity index (χ0) is 35.4. The molecular formula is C39H37F5N4OS. The van der Waals surface area contributed by atoms with Crippen LogP contribution in [-0.4, -0.2) is 46.0 Å². The van der Waals surface area contributed by atoms with Crippen LogP contribution < -0.4 is 5.36 Å². The van der Waals surface area contributed by atoms with E-state index in [0.717, 1.165) is 61.8 Å². The molecule has 1 aromatic heterocycles. The molecule has 4 aromatic carbocycles. The van der Waals surface area contributed by atoms with Crippen molar-refractivity contribution in [2.75, 3.05) is 19.6 Å². The molecule has 5 nitrogen and oxygen atoms in total. The minimum absolute atomic E-state index is 0.0142. The van der Waals surface area contributed by atoms with Crippen molar-refractivity contribution in [2.45, 2.75) is 55.9 Å². The maximum atomic E-state index is 14.6. The SMILES string of the molecule is CCN1CCC(N(Cc2ccc(-c3ccc(C(F)(F)F)cc3)cc2)C(=O)Cn2c(SCc3cccc(F)c3F)cc(=N)c3ccccc32)CC1. The Morgan fingerprint density at radius 1 is 0.900 bits per heavy atom. The van der Waals surface area contributed by atoms with E-state index in [2.05, 4.69) is 11.8 Å². The van der Waals surface area contributed by atoms with Crippen LogP contribution in [0.1, 0.15) is 36.5 Å². The second-order valence-electron chi connectivity index (χ2n) is 12.5. The van der Waals surface area contributed by atoms with Crippen molar-refractivity contribution < 1.29 is 26.7 Å². The molecule has 0 atom stereocenters. The Morgan fingerprint density at radius 3 is 2.22 bits per heavy atom.